The van der Waals surface area contributed by atoms with Crippen LogP contribution in [0.15, 0.2) is 20.9 Å². The quantitative estimate of drug-likeness (QED) is 0.229. The first-order valence-electron chi connectivity index (χ1n) is 9.27. The molecule has 154 valence electrons. The van der Waals surface area contributed by atoms with Crippen molar-refractivity contribution in [2.45, 2.75) is 27.3 Å². The summed E-state index contributed by atoms with van der Waals surface area (Å²) in [5.74, 6) is 1.05. The number of amides is 1. The monoisotopic (exact) mass is 571 g/mol. The van der Waals surface area contributed by atoms with Crippen LogP contribution >= 0.6 is 51.2 Å². The van der Waals surface area contributed by atoms with Crippen LogP contribution in [-0.2, 0) is 11.3 Å². The van der Waals surface area contributed by atoms with E-state index in [1.807, 2.05) is 13.8 Å². The molecule has 0 atom stereocenters. The number of hydrogen-bond donors (Lipinski definition) is 2. The highest BCUT2D eigenvalue weighted by Gasteiger charge is 2.20. The van der Waals surface area contributed by atoms with Crippen LogP contribution in [-0.4, -0.2) is 67.5 Å². The lowest BCUT2D eigenvalue weighted by Gasteiger charge is -2.36. The van der Waals surface area contributed by atoms with Gasteiger partial charge in [0, 0.05) is 56.6 Å². The summed E-state index contributed by atoms with van der Waals surface area (Å²) in [5.41, 5.74) is 0. The number of thiophene rings is 1. The van der Waals surface area contributed by atoms with E-state index in [1.165, 1.54) is 8.66 Å². The molecular weight excluding hydrogens is 541 g/mol. The summed E-state index contributed by atoms with van der Waals surface area (Å²) in [4.78, 5) is 22.5. The van der Waals surface area contributed by atoms with Crippen molar-refractivity contribution in [2.24, 2.45) is 10.9 Å². The molecule has 6 nitrogen and oxygen atoms in total. The first-order chi connectivity index (χ1) is 12.5. The van der Waals surface area contributed by atoms with Gasteiger partial charge in [-0.3, -0.25) is 14.7 Å². The Bertz CT molecular complexity index is 602. The molecule has 0 saturated carbocycles. The molecule has 1 aliphatic rings. The zero-order valence-corrected chi connectivity index (χ0v) is 21.1. The maximum absolute atomic E-state index is 11.6. The van der Waals surface area contributed by atoms with Crippen LogP contribution in [0.5, 0.6) is 0 Å². The Labute approximate surface area is 192 Å². The number of nitrogens with zero attached hydrogens (tertiary/aromatic N) is 3. The Morgan fingerprint density at radius 2 is 1.96 bits per heavy atom. The maximum atomic E-state index is 11.6. The molecule has 2 N–H and O–H groups in total. The lowest BCUT2D eigenvalue weighted by molar-refractivity contribution is -0.123. The van der Waals surface area contributed by atoms with Crippen LogP contribution in [0.25, 0.3) is 0 Å². The van der Waals surface area contributed by atoms with Gasteiger partial charge in [-0.25, -0.2) is 0 Å². The zero-order valence-electron chi connectivity index (χ0n) is 16.3. The Morgan fingerprint density at radius 3 is 2.52 bits per heavy atom. The normalized spacial score (nSPS) is 15.6. The van der Waals surface area contributed by atoms with Gasteiger partial charge in [-0.15, -0.1) is 35.3 Å². The van der Waals surface area contributed by atoms with Crippen molar-refractivity contribution in [1.29, 1.82) is 0 Å². The van der Waals surface area contributed by atoms with Gasteiger partial charge < -0.3 is 15.5 Å². The van der Waals surface area contributed by atoms with Crippen LogP contribution in [0.2, 0.25) is 0 Å². The summed E-state index contributed by atoms with van der Waals surface area (Å²) in [7, 11) is 0. The van der Waals surface area contributed by atoms with Gasteiger partial charge in [0.15, 0.2) is 5.96 Å². The average Bonchev–Trinajstić information content (AvgIpc) is 3.03. The van der Waals surface area contributed by atoms with Gasteiger partial charge in [0.05, 0.1) is 10.3 Å². The van der Waals surface area contributed by atoms with Gasteiger partial charge in [0.1, 0.15) is 0 Å². The molecule has 1 fully saturated rings. The number of halogens is 2. The van der Waals surface area contributed by atoms with Crippen molar-refractivity contribution in [2.75, 3.05) is 45.8 Å². The maximum Gasteiger partial charge on any atom is 0.222 e. The van der Waals surface area contributed by atoms with E-state index in [0.29, 0.717) is 13.1 Å². The Kier molecular flexibility index (Phi) is 11.8. The first kappa shape index (κ1) is 24.6. The number of carbonyl (C=O) groups excluding carboxylic acids is 1. The summed E-state index contributed by atoms with van der Waals surface area (Å²) >= 11 is 5.34. The predicted molar refractivity (Wildman–Crippen MR) is 128 cm³/mol. The molecule has 0 spiro atoms. The van der Waals surface area contributed by atoms with E-state index in [9.17, 15) is 4.79 Å². The number of rotatable bonds is 7. The summed E-state index contributed by atoms with van der Waals surface area (Å²) in [6.45, 7) is 12.9. The zero-order chi connectivity index (χ0) is 18.9. The largest absolute Gasteiger partial charge is 0.357 e. The summed E-state index contributed by atoms with van der Waals surface area (Å²) in [5, 5.41) is 6.29. The molecule has 0 unspecified atom stereocenters. The highest BCUT2D eigenvalue weighted by atomic mass is 127. The third-order valence-electron chi connectivity index (χ3n) is 4.21. The number of guanidine groups is 1. The number of piperazine rings is 1. The second-order valence-electron chi connectivity index (χ2n) is 6.65. The standard InChI is InChI=1S/C18H30BrN5OS.HI/c1-4-20-18(22-8-7-21-17(25)14(2)3)24-11-9-23(10-12-24)13-15-5-6-16(19)26-15;/h5-6,14H,4,7-13H2,1-3H3,(H,20,22)(H,21,25);1H. The molecule has 2 heterocycles. The minimum Gasteiger partial charge on any atom is -0.357 e. The molecule has 1 amide bonds. The third-order valence-corrected chi connectivity index (χ3v) is 5.82. The SMILES string of the molecule is CCNC(=NCCNC(=O)C(C)C)N1CCN(Cc2ccc(Br)s2)CC1.I. The fourth-order valence-corrected chi connectivity index (χ4v) is 4.27. The van der Waals surface area contributed by atoms with E-state index >= 15 is 0 Å². The van der Waals surface area contributed by atoms with Gasteiger partial charge >= 0.3 is 0 Å². The second-order valence-corrected chi connectivity index (χ2v) is 9.20. The fourth-order valence-electron chi connectivity index (χ4n) is 2.75. The highest BCUT2D eigenvalue weighted by Crippen LogP contribution is 2.23. The second kappa shape index (κ2) is 12.9. The van der Waals surface area contributed by atoms with E-state index < -0.39 is 0 Å². The van der Waals surface area contributed by atoms with Crippen molar-refractivity contribution in [3.05, 3.63) is 20.8 Å². The molecule has 2 rings (SSSR count). The van der Waals surface area contributed by atoms with Crippen LogP contribution in [0.1, 0.15) is 25.6 Å². The Balaban J connectivity index is 0.00000364. The summed E-state index contributed by atoms with van der Waals surface area (Å²) in [6.07, 6.45) is 0. The molecule has 0 bridgehead atoms. The smallest absolute Gasteiger partial charge is 0.222 e. The highest BCUT2D eigenvalue weighted by molar-refractivity contribution is 14.0. The van der Waals surface area contributed by atoms with Crippen molar-refractivity contribution >= 4 is 63.1 Å². The fraction of sp³-hybridized carbons (Fsp3) is 0.667. The van der Waals surface area contributed by atoms with Crippen molar-refractivity contribution in [3.8, 4) is 0 Å². The van der Waals surface area contributed by atoms with Gasteiger partial charge in [0.2, 0.25) is 5.91 Å². The van der Waals surface area contributed by atoms with Crippen LogP contribution in [0.3, 0.4) is 0 Å². The Hall–Kier alpha value is -0.390. The molecule has 1 aromatic heterocycles. The molecular formula is C18H31BrIN5OS. The number of hydrogen-bond acceptors (Lipinski definition) is 4. The molecule has 1 saturated heterocycles. The predicted octanol–water partition coefficient (Wildman–Crippen LogP) is 2.98. The van der Waals surface area contributed by atoms with Crippen molar-refractivity contribution in [1.82, 2.24) is 20.4 Å². The Morgan fingerprint density at radius 1 is 1.26 bits per heavy atom. The van der Waals surface area contributed by atoms with E-state index in [2.05, 4.69) is 60.4 Å². The molecule has 27 heavy (non-hydrogen) atoms. The van der Waals surface area contributed by atoms with Crippen LogP contribution < -0.4 is 10.6 Å². The van der Waals surface area contributed by atoms with E-state index in [4.69, 9.17) is 0 Å². The molecule has 1 aromatic rings. The van der Waals surface area contributed by atoms with Gasteiger partial charge in [-0.2, -0.15) is 0 Å². The van der Waals surface area contributed by atoms with E-state index in [-0.39, 0.29) is 35.8 Å². The molecule has 9 heteroatoms. The average molecular weight is 572 g/mol. The van der Waals surface area contributed by atoms with Gasteiger partial charge in [-0.05, 0) is 35.0 Å². The lowest BCUT2D eigenvalue weighted by Crippen LogP contribution is -2.52. The third kappa shape index (κ3) is 8.66. The summed E-state index contributed by atoms with van der Waals surface area (Å²) < 4.78 is 1.19. The van der Waals surface area contributed by atoms with E-state index in [1.54, 1.807) is 11.3 Å². The molecule has 0 aromatic carbocycles. The van der Waals surface area contributed by atoms with Crippen molar-refractivity contribution in [3.63, 3.8) is 0 Å². The summed E-state index contributed by atoms with van der Waals surface area (Å²) in [6, 6.07) is 4.31. The van der Waals surface area contributed by atoms with E-state index in [0.717, 1.165) is 45.2 Å². The molecule has 1 aliphatic heterocycles. The molecule has 0 radical (unpaired) electrons. The minimum absolute atomic E-state index is 0. The topological polar surface area (TPSA) is 60.0 Å². The number of aliphatic imine (C=N–C) groups is 1. The van der Waals surface area contributed by atoms with Gasteiger partial charge in [-0.1, -0.05) is 13.8 Å². The van der Waals surface area contributed by atoms with Crippen LogP contribution in [0, 0.1) is 5.92 Å². The lowest BCUT2D eigenvalue weighted by atomic mass is 10.2. The minimum atomic E-state index is 0. The van der Waals surface area contributed by atoms with Gasteiger partial charge in [0.25, 0.3) is 0 Å². The molecule has 0 aliphatic carbocycles. The van der Waals surface area contributed by atoms with Crippen molar-refractivity contribution < 1.29 is 4.79 Å². The van der Waals surface area contributed by atoms with Crippen LogP contribution in [0.4, 0.5) is 0 Å². The first-order valence-corrected chi connectivity index (χ1v) is 10.9. The number of carbonyl (C=O) groups is 1. The number of nitrogens with one attached hydrogen (secondary N) is 2.